The molecule has 3 rings (SSSR count). The quantitative estimate of drug-likeness (QED) is 0.779. The summed E-state index contributed by atoms with van der Waals surface area (Å²) in [4.78, 5) is 13.9. The molecule has 3 aromatic rings. The van der Waals surface area contributed by atoms with Gasteiger partial charge in [0, 0.05) is 35.8 Å². The summed E-state index contributed by atoms with van der Waals surface area (Å²) in [6.07, 6.45) is 0. The van der Waals surface area contributed by atoms with Crippen molar-refractivity contribution in [2.45, 2.75) is 6.54 Å². The Hall–Kier alpha value is -2.79. The molecule has 1 N–H and O–H groups in total. The van der Waals surface area contributed by atoms with Gasteiger partial charge in [-0.05, 0) is 18.2 Å². The number of rotatable bonds is 4. The van der Waals surface area contributed by atoms with Crippen LogP contribution < -0.4 is 0 Å². The van der Waals surface area contributed by atoms with E-state index in [1.165, 1.54) is 4.90 Å². The average Bonchev–Trinajstić information content (AvgIpc) is 3.06. The van der Waals surface area contributed by atoms with Gasteiger partial charge in [0.1, 0.15) is 5.75 Å². The molecule has 0 radical (unpaired) electrons. The van der Waals surface area contributed by atoms with Crippen molar-refractivity contribution in [3.63, 3.8) is 0 Å². The third-order valence-electron chi connectivity index (χ3n) is 3.58. The minimum Gasteiger partial charge on any atom is -0.508 e. The van der Waals surface area contributed by atoms with E-state index >= 15 is 0 Å². The highest BCUT2D eigenvalue weighted by Crippen LogP contribution is 2.24. The molecule has 0 fully saturated rings. The Bertz CT molecular complexity index is 876. The average molecular weight is 343 g/mol. The molecule has 6 heteroatoms. The van der Waals surface area contributed by atoms with Crippen LogP contribution in [0.2, 0.25) is 5.02 Å². The summed E-state index contributed by atoms with van der Waals surface area (Å²) < 4.78 is 5.25. The number of hydrogen-bond acceptors (Lipinski definition) is 4. The summed E-state index contributed by atoms with van der Waals surface area (Å²) in [5.74, 6) is 0.323. The second-order valence-corrected chi connectivity index (χ2v) is 5.81. The standard InChI is InChI=1S/C18H15ClN2O3/c1-21(11-13-5-2-3-8-16(13)22)18(23)15-10-17(24-20-15)12-6-4-7-14(19)9-12/h2-10,22H,11H2,1H3. The lowest BCUT2D eigenvalue weighted by Gasteiger charge is -2.16. The molecule has 1 heterocycles. The Kier molecular flexibility index (Phi) is 4.53. The number of aromatic hydroxyl groups is 1. The van der Waals surface area contributed by atoms with Crippen LogP contribution in [0.1, 0.15) is 16.1 Å². The first-order valence-electron chi connectivity index (χ1n) is 7.29. The van der Waals surface area contributed by atoms with Gasteiger partial charge in [-0.2, -0.15) is 0 Å². The molecule has 0 bridgehead atoms. The molecule has 2 aromatic carbocycles. The van der Waals surface area contributed by atoms with Gasteiger partial charge in [0.2, 0.25) is 0 Å². The molecule has 0 aliphatic carbocycles. The fourth-order valence-electron chi connectivity index (χ4n) is 2.32. The van der Waals surface area contributed by atoms with Gasteiger partial charge in [-0.3, -0.25) is 4.79 Å². The summed E-state index contributed by atoms with van der Waals surface area (Å²) in [5, 5.41) is 14.2. The summed E-state index contributed by atoms with van der Waals surface area (Å²) in [6, 6.07) is 15.6. The normalized spacial score (nSPS) is 10.6. The number of phenolic OH excluding ortho intramolecular Hbond substituents is 1. The zero-order chi connectivity index (χ0) is 17.1. The first-order valence-corrected chi connectivity index (χ1v) is 7.67. The number of para-hydroxylation sites is 1. The van der Waals surface area contributed by atoms with E-state index in [0.29, 0.717) is 16.3 Å². The van der Waals surface area contributed by atoms with Crippen LogP contribution in [0.15, 0.2) is 59.1 Å². The van der Waals surface area contributed by atoms with E-state index in [1.54, 1.807) is 55.6 Å². The summed E-state index contributed by atoms with van der Waals surface area (Å²) >= 11 is 5.96. The van der Waals surface area contributed by atoms with Crippen molar-refractivity contribution in [3.05, 3.63) is 70.9 Å². The minimum atomic E-state index is -0.296. The highest BCUT2D eigenvalue weighted by molar-refractivity contribution is 6.30. The van der Waals surface area contributed by atoms with E-state index < -0.39 is 0 Å². The van der Waals surface area contributed by atoms with Crippen molar-refractivity contribution >= 4 is 17.5 Å². The molecule has 0 aliphatic heterocycles. The van der Waals surface area contributed by atoms with Crippen molar-refractivity contribution in [3.8, 4) is 17.1 Å². The second-order valence-electron chi connectivity index (χ2n) is 5.38. The fraction of sp³-hybridized carbons (Fsp3) is 0.111. The first-order chi connectivity index (χ1) is 11.5. The Morgan fingerprint density at radius 2 is 2.00 bits per heavy atom. The van der Waals surface area contributed by atoms with E-state index in [1.807, 2.05) is 6.07 Å². The van der Waals surface area contributed by atoms with Gasteiger partial charge in [-0.15, -0.1) is 0 Å². The third-order valence-corrected chi connectivity index (χ3v) is 3.82. The lowest BCUT2D eigenvalue weighted by Crippen LogP contribution is -2.26. The number of benzene rings is 2. The topological polar surface area (TPSA) is 66.6 Å². The molecular formula is C18H15ClN2O3. The summed E-state index contributed by atoms with van der Waals surface area (Å²) in [5.41, 5.74) is 1.60. The predicted molar refractivity (Wildman–Crippen MR) is 90.9 cm³/mol. The monoisotopic (exact) mass is 342 g/mol. The fourth-order valence-corrected chi connectivity index (χ4v) is 2.51. The van der Waals surface area contributed by atoms with E-state index in [2.05, 4.69) is 5.16 Å². The molecule has 1 amide bonds. The lowest BCUT2D eigenvalue weighted by atomic mass is 10.1. The van der Waals surface area contributed by atoms with Crippen molar-refractivity contribution in [1.82, 2.24) is 10.1 Å². The number of phenols is 1. The van der Waals surface area contributed by atoms with Crippen molar-refractivity contribution in [2.75, 3.05) is 7.05 Å². The van der Waals surface area contributed by atoms with Crippen LogP contribution in [0.3, 0.4) is 0 Å². The largest absolute Gasteiger partial charge is 0.508 e. The Morgan fingerprint density at radius 3 is 2.75 bits per heavy atom. The van der Waals surface area contributed by atoms with Crippen LogP contribution >= 0.6 is 11.6 Å². The smallest absolute Gasteiger partial charge is 0.276 e. The number of nitrogens with zero attached hydrogens (tertiary/aromatic N) is 2. The van der Waals surface area contributed by atoms with Gasteiger partial charge in [0.25, 0.3) is 5.91 Å². The van der Waals surface area contributed by atoms with E-state index in [9.17, 15) is 9.90 Å². The second kappa shape index (κ2) is 6.76. The third kappa shape index (κ3) is 3.41. The highest BCUT2D eigenvalue weighted by Gasteiger charge is 2.18. The zero-order valence-corrected chi connectivity index (χ0v) is 13.7. The molecule has 0 saturated carbocycles. The molecule has 122 valence electrons. The number of aromatic nitrogens is 1. The SMILES string of the molecule is CN(Cc1ccccc1O)C(=O)c1cc(-c2cccc(Cl)c2)on1. The molecule has 1 aromatic heterocycles. The molecular weight excluding hydrogens is 328 g/mol. The number of carbonyl (C=O) groups is 1. The van der Waals surface area contributed by atoms with Gasteiger partial charge >= 0.3 is 0 Å². The number of hydrogen-bond donors (Lipinski definition) is 1. The Balaban J connectivity index is 1.77. The van der Waals surface area contributed by atoms with Gasteiger partial charge in [-0.1, -0.05) is 47.1 Å². The molecule has 0 saturated heterocycles. The van der Waals surface area contributed by atoms with Crippen LogP contribution in [-0.4, -0.2) is 28.1 Å². The number of amides is 1. The molecule has 0 atom stereocenters. The van der Waals surface area contributed by atoms with Crippen LogP contribution in [0.25, 0.3) is 11.3 Å². The maximum atomic E-state index is 12.5. The number of halogens is 1. The van der Waals surface area contributed by atoms with Gasteiger partial charge < -0.3 is 14.5 Å². The van der Waals surface area contributed by atoms with Crippen LogP contribution in [0, 0.1) is 0 Å². The summed E-state index contributed by atoms with van der Waals surface area (Å²) in [6.45, 7) is 0.269. The van der Waals surface area contributed by atoms with E-state index in [4.69, 9.17) is 16.1 Å². The molecule has 5 nitrogen and oxygen atoms in total. The van der Waals surface area contributed by atoms with Crippen LogP contribution in [0.5, 0.6) is 5.75 Å². The Labute approximate surface area is 144 Å². The Morgan fingerprint density at radius 1 is 1.21 bits per heavy atom. The molecule has 24 heavy (non-hydrogen) atoms. The maximum Gasteiger partial charge on any atom is 0.276 e. The zero-order valence-electron chi connectivity index (χ0n) is 12.9. The molecule has 0 spiro atoms. The molecule has 0 unspecified atom stereocenters. The maximum absolute atomic E-state index is 12.5. The van der Waals surface area contributed by atoms with Crippen molar-refractivity contribution in [1.29, 1.82) is 0 Å². The van der Waals surface area contributed by atoms with Gasteiger partial charge in [0.05, 0.1) is 0 Å². The molecule has 0 aliphatic rings. The predicted octanol–water partition coefficient (Wildman–Crippen LogP) is 3.97. The van der Waals surface area contributed by atoms with Gasteiger partial charge in [0.15, 0.2) is 11.5 Å². The number of carbonyl (C=O) groups excluding carboxylic acids is 1. The first kappa shape index (κ1) is 16.1. The van der Waals surface area contributed by atoms with Crippen LogP contribution in [0.4, 0.5) is 0 Å². The van der Waals surface area contributed by atoms with Crippen molar-refractivity contribution in [2.24, 2.45) is 0 Å². The minimum absolute atomic E-state index is 0.150. The summed E-state index contributed by atoms with van der Waals surface area (Å²) in [7, 11) is 1.64. The lowest BCUT2D eigenvalue weighted by molar-refractivity contribution is 0.0774. The highest BCUT2D eigenvalue weighted by atomic mass is 35.5. The van der Waals surface area contributed by atoms with Gasteiger partial charge in [-0.25, -0.2) is 0 Å². The van der Waals surface area contributed by atoms with E-state index in [-0.39, 0.29) is 23.9 Å². The van der Waals surface area contributed by atoms with Crippen molar-refractivity contribution < 1.29 is 14.4 Å². The van der Waals surface area contributed by atoms with Crippen LogP contribution in [-0.2, 0) is 6.54 Å². The van der Waals surface area contributed by atoms with E-state index in [0.717, 1.165) is 5.56 Å².